The highest BCUT2D eigenvalue weighted by molar-refractivity contribution is 9.10. The lowest BCUT2D eigenvalue weighted by molar-refractivity contribution is 1.60. The average Bonchev–Trinajstić information content (AvgIpc) is 3.00. The van der Waals surface area contributed by atoms with Crippen molar-refractivity contribution in [3.05, 3.63) is 162 Å². The number of hydrogen-bond donors (Lipinski definition) is 0. The van der Waals surface area contributed by atoms with Crippen LogP contribution in [-0.2, 0) is 0 Å². The Morgan fingerprint density at radius 3 is 0.868 bits per heavy atom. The van der Waals surface area contributed by atoms with Crippen LogP contribution in [0.15, 0.2) is 162 Å². The maximum Gasteiger partial charge on any atom is 0.241 e. The molecule has 38 heavy (non-hydrogen) atoms. The molecule has 0 atom stereocenters. The number of halogens is 1. The minimum Gasteiger partial charge on any atom is -0.0686 e. The Hall–Kier alpha value is -4.14. The molecular weight excluding hydrogens is 523 g/mol. The monoisotopic (exact) mass is 548 g/mol. The van der Waals surface area contributed by atoms with E-state index in [0.717, 1.165) is 4.47 Å². The van der Waals surface area contributed by atoms with Gasteiger partial charge in [-0.25, -0.2) is 0 Å². The van der Waals surface area contributed by atoms with Gasteiger partial charge in [0.05, 0.1) is 0 Å². The Labute approximate surface area is 233 Å². The summed E-state index contributed by atoms with van der Waals surface area (Å²) in [5.41, 5.74) is 11.2. The second-order valence-corrected chi connectivity index (χ2v) is 10.5. The molecule has 0 aromatic heterocycles. The summed E-state index contributed by atoms with van der Waals surface area (Å²) >= 11 is 3.54. The lowest BCUT2D eigenvalue weighted by atomic mass is 9.37. The predicted molar refractivity (Wildman–Crippen MR) is 168 cm³/mol. The van der Waals surface area contributed by atoms with E-state index in [0.29, 0.717) is 0 Å². The van der Waals surface area contributed by atoms with Crippen LogP contribution < -0.4 is 16.4 Å². The average molecular weight is 549 g/mol. The van der Waals surface area contributed by atoms with Gasteiger partial charge in [0.15, 0.2) is 0 Å². The summed E-state index contributed by atoms with van der Waals surface area (Å²) in [5.74, 6) is 0. The van der Waals surface area contributed by atoms with Crippen molar-refractivity contribution in [3.63, 3.8) is 0 Å². The van der Waals surface area contributed by atoms with Gasteiger partial charge < -0.3 is 0 Å². The molecule has 6 aromatic rings. The molecule has 0 radical (unpaired) electrons. The van der Waals surface area contributed by atoms with E-state index in [1.807, 2.05) is 0 Å². The molecule has 0 bridgehead atoms. The van der Waals surface area contributed by atoms with Gasteiger partial charge in [0.2, 0.25) is 6.71 Å². The Balaban J connectivity index is 1.38. The molecule has 0 aliphatic heterocycles. The summed E-state index contributed by atoms with van der Waals surface area (Å²) < 4.78 is 1.09. The molecule has 2 heteroatoms. The summed E-state index contributed by atoms with van der Waals surface area (Å²) in [5, 5.41) is 0. The first-order valence-corrected chi connectivity index (χ1v) is 13.7. The zero-order valence-corrected chi connectivity index (χ0v) is 22.6. The maximum atomic E-state index is 3.54. The first-order chi connectivity index (χ1) is 18.7. The summed E-state index contributed by atoms with van der Waals surface area (Å²) in [7, 11) is 0. The smallest absolute Gasteiger partial charge is 0.0686 e. The highest BCUT2D eigenvalue weighted by atomic mass is 79.9. The predicted octanol–water partition coefficient (Wildman–Crippen LogP) is 7.97. The summed E-state index contributed by atoms with van der Waals surface area (Å²) in [6, 6.07) is 56.7. The van der Waals surface area contributed by atoms with Gasteiger partial charge in [-0.1, -0.05) is 178 Å². The second-order valence-electron chi connectivity index (χ2n) is 9.54. The van der Waals surface area contributed by atoms with Gasteiger partial charge in [-0.05, 0) is 45.5 Å². The van der Waals surface area contributed by atoms with E-state index in [2.05, 4.69) is 174 Å². The van der Waals surface area contributed by atoms with E-state index in [4.69, 9.17) is 0 Å². The van der Waals surface area contributed by atoms with E-state index in [1.165, 1.54) is 49.8 Å². The van der Waals surface area contributed by atoms with Gasteiger partial charge in [-0.3, -0.25) is 0 Å². The quantitative estimate of drug-likeness (QED) is 0.185. The molecule has 0 fully saturated rings. The van der Waals surface area contributed by atoms with Crippen LogP contribution >= 0.6 is 15.9 Å². The first kappa shape index (κ1) is 24.2. The van der Waals surface area contributed by atoms with E-state index in [9.17, 15) is 0 Å². The molecule has 0 saturated carbocycles. The molecule has 6 aromatic carbocycles. The lowest BCUT2D eigenvalue weighted by Gasteiger charge is -2.17. The highest BCUT2D eigenvalue weighted by Gasteiger charge is 2.22. The third-order valence-corrected chi connectivity index (χ3v) is 7.65. The van der Waals surface area contributed by atoms with Crippen molar-refractivity contribution < 1.29 is 0 Å². The van der Waals surface area contributed by atoms with Crippen LogP contribution in [0.25, 0.3) is 33.4 Å². The Morgan fingerprint density at radius 2 is 0.553 bits per heavy atom. The highest BCUT2D eigenvalue weighted by Crippen LogP contribution is 2.22. The number of hydrogen-bond acceptors (Lipinski definition) is 0. The molecule has 0 nitrogen and oxygen atoms in total. The summed E-state index contributed by atoms with van der Waals surface area (Å²) in [6.45, 7) is 0.142. The molecule has 0 heterocycles. The maximum absolute atomic E-state index is 3.54. The largest absolute Gasteiger partial charge is 0.241 e. The lowest BCUT2D eigenvalue weighted by Crippen LogP contribution is -2.51. The third kappa shape index (κ3) is 5.27. The molecule has 0 aliphatic rings. The summed E-state index contributed by atoms with van der Waals surface area (Å²) in [4.78, 5) is 0. The molecule has 0 N–H and O–H groups in total. The van der Waals surface area contributed by atoms with Crippen molar-refractivity contribution in [2.45, 2.75) is 0 Å². The van der Waals surface area contributed by atoms with Gasteiger partial charge in [-0.2, -0.15) is 0 Å². The van der Waals surface area contributed by atoms with Crippen molar-refractivity contribution in [2.75, 3.05) is 0 Å². The van der Waals surface area contributed by atoms with E-state index in [-0.39, 0.29) is 6.71 Å². The molecular formula is C36H26BBr. The number of rotatable bonds is 6. The number of benzene rings is 6. The molecule has 180 valence electrons. The fourth-order valence-electron chi connectivity index (χ4n) is 5.08. The van der Waals surface area contributed by atoms with Crippen molar-refractivity contribution >= 4 is 39.0 Å². The molecule has 0 spiro atoms. The van der Waals surface area contributed by atoms with Crippen molar-refractivity contribution in [1.82, 2.24) is 0 Å². The molecule has 0 amide bonds. The fraction of sp³-hybridized carbons (Fsp3) is 0. The van der Waals surface area contributed by atoms with Crippen molar-refractivity contribution in [3.8, 4) is 33.4 Å². The van der Waals surface area contributed by atoms with Crippen LogP contribution in [0.1, 0.15) is 0 Å². The van der Waals surface area contributed by atoms with Crippen LogP contribution in [-0.4, -0.2) is 6.71 Å². The minimum absolute atomic E-state index is 0.142. The Kier molecular flexibility index (Phi) is 7.06. The van der Waals surface area contributed by atoms with Crippen LogP contribution in [0.5, 0.6) is 0 Å². The normalized spacial score (nSPS) is 10.8. The molecule has 0 unspecified atom stereocenters. The van der Waals surface area contributed by atoms with E-state index in [1.54, 1.807) is 0 Å². The van der Waals surface area contributed by atoms with Gasteiger partial charge in [0.25, 0.3) is 0 Å². The van der Waals surface area contributed by atoms with Gasteiger partial charge in [0, 0.05) is 4.47 Å². The van der Waals surface area contributed by atoms with Crippen LogP contribution in [0, 0.1) is 0 Å². The van der Waals surface area contributed by atoms with Gasteiger partial charge in [-0.15, -0.1) is 0 Å². The van der Waals surface area contributed by atoms with Gasteiger partial charge >= 0.3 is 0 Å². The van der Waals surface area contributed by atoms with E-state index < -0.39 is 0 Å². The first-order valence-electron chi connectivity index (χ1n) is 12.9. The zero-order chi connectivity index (χ0) is 25.7. The minimum atomic E-state index is 0.142. The Bertz CT molecular complexity index is 1520. The van der Waals surface area contributed by atoms with Crippen LogP contribution in [0.3, 0.4) is 0 Å². The second kappa shape index (κ2) is 11.1. The van der Waals surface area contributed by atoms with Gasteiger partial charge in [0.1, 0.15) is 0 Å². The van der Waals surface area contributed by atoms with E-state index >= 15 is 0 Å². The fourth-order valence-corrected chi connectivity index (χ4v) is 5.35. The molecule has 0 aliphatic carbocycles. The summed E-state index contributed by atoms with van der Waals surface area (Å²) in [6.07, 6.45) is 0. The topological polar surface area (TPSA) is 0 Å². The molecule has 6 rings (SSSR count). The Morgan fingerprint density at radius 1 is 0.289 bits per heavy atom. The molecule has 0 saturated heterocycles. The SMILES string of the molecule is Brc1ccc(-c2ccc(B(c3ccc(-c4ccccc4)cc3)c3ccc(-c4ccccc4)cc3)cc2)cc1. The third-order valence-electron chi connectivity index (χ3n) is 7.12. The standard InChI is InChI=1S/C36H26BBr/c38-36-25-17-32(18-26-36)31-15-23-35(24-16-31)37(33-19-11-29(12-20-33)27-7-3-1-4-8-27)34-21-13-30(14-22-34)28-9-5-2-6-10-28/h1-26H. The van der Waals surface area contributed by atoms with Crippen LogP contribution in [0.4, 0.5) is 0 Å². The zero-order valence-electron chi connectivity index (χ0n) is 21.0. The van der Waals surface area contributed by atoms with Crippen LogP contribution in [0.2, 0.25) is 0 Å². The van der Waals surface area contributed by atoms with Crippen molar-refractivity contribution in [2.24, 2.45) is 0 Å². The van der Waals surface area contributed by atoms with Crippen molar-refractivity contribution in [1.29, 1.82) is 0 Å².